The van der Waals surface area contributed by atoms with Crippen molar-refractivity contribution in [1.29, 1.82) is 0 Å². The van der Waals surface area contributed by atoms with E-state index in [0.29, 0.717) is 41.3 Å². The summed E-state index contributed by atoms with van der Waals surface area (Å²) in [6.45, 7) is 1.82. The highest BCUT2D eigenvalue weighted by Gasteiger charge is 2.29. The number of sulfonamides is 1. The Hall–Kier alpha value is -2.30. The number of fused-ring (bicyclic) bond motifs is 1. The van der Waals surface area contributed by atoms with Gasteiger partial charge >= 0.3 is 0 Å². The van der Waals surface area contributed by atoms with Gasteiger partial charge in [0.2, 0.25) is 10.0 Å². The molecule has 0 bridgehead atoms. The Kier molecular flexibility index (Phi) is 6.40. The van der Waals surface area contributed by atoms with Crippen LogP contribution in [0.4, 0.5) is 10.2 Å². The summed E-state index contributed by atoms with van der Waals surface area (Å²) in [7, 11) is -3.38. The first-order chi connectivity index (χ1) is 14.9. The largest absolute Gasteiger partial charge is 0.363 e. The summed E-state index contributed by atoms with van der Waals surface area (Å²) in [5.41, 5.74) is 1.27. The third-order valence-electron chi connectivity index (χ3n) is 5.37. The van der Waals surface area contributed by atoms with Crippen molar-refractivity contribution in [3.63, 3.8) is 0 Å². The van der Waals surface area contributed by atoms with E-state index < -0.39 is 15.8 Å². The van der Waals surface area contributed by atoms with E-state index in [1.165, 1.54) is 6.20 Å². The SMILES string of the molecule is CCCS(=O)(=O)N[C@H]1CCCC[C@@H]1Nc1nc(-c2c[nH]c3ncc(Cl)cc23)ncc1F. The van der Waals surface area contributed by atoms with Crippen molar-refractivity contribution < 1.29 is 12.8 Å². The number of H-pyrrole nitrogens is 1. The fourth-order valence-electron chi connectivity index (χ4n) is 3.94. The van der Waals surface area contributed by atoms with Gasteiger partial charge in [0.15, 0.2) is 17.5 Å². The van der Waals surface area contributed by atoms with Crippen molar-refractivity contribution in [2.45, 2.75) is 51.1 Å². The zero-order chi connectivity index (χ0) is 22.0. The molecule has 3 aromatic rings. The summed E-state index contributed by atoms with van der Waals surface area (Å²) in [4.78, 5) is 15.8. The van der Waals surface area contributed by atoms with E-state index in [0.717, 1.165) is 24.4 Å². The van der Waals surface area contributed by atoms with Crippen LogP contribution in [0.5, 0.6) is 0 Å². The minimum atomic E-state index is -3.38. The lowest BCUT2D eigenvalue weighted by Gasteiger charge is -2.33. The molecule has 0 spiro atoms. The van der Waals surface area contributed by atoms with Gasteiger partial charge in [-0.3, -0.25) is 0 Å². The number of nitrogens with zero attached hydrogens (tertiary/aromatic N) is 3. The van der Waals surface area contributed by atoms with Gasteiger partial charge < -0.3 is 10.3 Å². The van der Waals surface area contributed by atoms with Crippen molar-refractivity contribution in [2.75, 3.05) is 11.1 Å². The zero-order valence-corrected chi connectivity index (χ0v) is 18.6. The molecule has 0 saturated heterocycles. The second-order valence-electron chi connectivity index (χ2n) is 7.72. The first-order valence-corrected chi connectivity index (χ1v) is 12.3. The van der Waals surface area contributed by atoms with Gasteiger partial charge in [-0.1, -0.05) is 31.4 Å². The number of anilines is 1. The van der Waals surface area contributed by atoms with Crippen LogP contribution in [0.2, 0.25) is 5.02 Å². The van der Waals surface area contributed by atoms with Gasteiger partial charge in [-0.15, -0.1) is 0 Å². The number of halogens is 2. The third-order valence-corrected chi connectivity index (χ3v) is 7.19. The normalized spacial score (nSPS) is 19.6. The van der Waals surface area contributed by atoms with Crippen LogP contribution in [0.3, 0.4) is 0 Å². The fraction of sp³-hybridized carbons (Fsp3) is 0.450. The summed E-state index contributed by atoms with van der Waals surface area (Å²) in [6, 6.07) is 1.16. The van der Waals surface area contributed by atoms with Crippen LogP contribution in [0, 0.1) is 5.82 Å². The van der Waals surface area contributed by atoms with Crippen LogP contribution in [-0.4, -0.2) is 46.2 Å². The molecule has 166 valence electrons. The second-order valence-corrected chi connectivity index (χ2v) is 10.0. The molecule has 3 aromatic heterocycles. The highest BCUT2D eigenvalue weighted by atomic mass is 35.5. The Labute approximate surface area is 185 Å². The molecule has 1 fully saturated rings. The third kappa shape index (κ3) is 4.97. The molecule has 1 aliphatic rings. The molecule has 3 N–H and O–H groups in total. The molecule has 3 heterocycles. The maximum atomic E-state index is 14.6. The molecule has 0 unspecified atom stereocenters. The molecule has 4 rings (SSSR count). The lowest BCUT2D eigenvalue weighted by atomic mass is 9.91. The predicted molar refractivity (Wildman–Crippen MR) is 119 cm³/mol. The number of pyridine rings is 1. The van der Waals surface area contributed by atoms with Crippen LogP contribution in [-0.2, 0) is 10.0 Å². The van der Waals surface area contributed by atoms with Crippen LogP contribution < -0.4 is 10.0 Å². The molecule has 1 saturated carbocycles. The van der Waals surface area contributed by atoms with Gasteiger partial charge in [-0.05, 0) is 25.3 Å². The molecule has 8 nitrogen and oxygen atoms in total. The Morgan fingerprint density at radius 1 is 1.23 bits per heavy atom. The minimum absolute atomic E-state index is 0.0425. The van der Waals surface area contributed by atoms with Crippen molar-refractivity contribution in [1.82, 2.24) is 24.7 Å². The maximum Gasteiger partial charge on any atom is 0.211 e. The zero-order valence-electron chi connectivity index (χ0n) is 17.0. The number of hydrogen-bond donors (Lipinski definition) is 3. The number of nitrogens with one attached hydrogen (secondary N) is 3. The number of hydrogen-bond acceptors (Lipinski definition) is 6. The van der Waals surface area contributed by atoms with E-state index in [9.17, 15) is 12.8 Å². The first-order valence-electron chi connectivity index (χ1n) is 10.3. The van der Waals surface area contributed by atoms with Crippen molar-refractivity contribution >= 4 is 38.5 Å². The molecule has 1 aliphatic carbocycles. The van der Waals surface area contributed by atoms with E-state index in [2.05, 4.69) is 30.0 Å². The van der Waals surface area contributed by atoms with Gasteiger partial charge in [0.05, 0.1) is 17.0 Å². The van der Waals surface area contributed by atoms with Crippen LogP contribution in [0.25, 0.3) is 22.4 Å². The standard InChI is InChI=1S/C20H24ClFN6O2S/c1-2-7-31(29,30)28-17-6-4-3-5-16(17)26-20-15(22)11-25-19(27-20)14-10-24-18-13(14)8-12(21)9-23-18/h8-11,16-17,28H,2-7H2,1H3,(H,23,24)(H,25,26,27)/t16-,17-/m0/s1. The number of aromatic nitrogens is 4. The van der Waals surface area contributed by atoms with Gasteiger partial charge in [0, 0.05) is 35.4 Å². The first kappa shape index (κ1) is 21.9. The molecule has 0 aromatic carbocycles. The monoisotopic (exact) mass is 466 g/mol. The van der Waals surface area contributed by atoms with Gasteiger partial charge in [0.25, 0.3) is 0 Å². The van der Waals surface area contributed by atoms with Gasteiger partial charge in [-0.25, -0.2) is 32.5 Å². The summed E-state index contributed by atoms with van der Waals surface area (Å²) < 4.78 is 41.9. The maximum absolute atomic E-state index is 14.6. The lowest BCUT2D eigenvalue weighted by molar-refractivity contribution is 0.377. The van der Waals surface area contributed by atoms with Crippen molar-refractivity contribution in [2.24, 2.45) is 0 Å². The molecule has 0 radical (unpaired) electrons. The average molecular weight is 467 g/mol. The summed E-state index contributed by atoms with van der Waals surface area (Å²) in [5, 5.41) is 4.32. The average Bonchev–Trinajstić information content (AvgIpc) is 3.14. The highest BCUT2D eigenvalue weighted by molar-refractivity contribution is 7.89. The number of aromatic amines is 1. The smallest absolute Gasteiger partial charge is 0.211 e. The van der Waals surface area contributed by atoms with Crippen LogP contribution in [0.1, 0.15) is 39.0 Å². The van der Waals surface area contributed by atoms with Crippen molar-refractivity contribution in [3.05, 3.63) is 35.5 Å². The lowest BCUT2D eigenvalue weighted by Crippen LogP contribution is -2.49. The molecule has 2 atom stereocenters. The topological polar surface area (TPSA) is 113 Å². The van der Waals surface area contributed by atoms with E-state index in [4.69, 9.17) is 11.6 Å². The summed E-state index contributed by atoms with van der Waals surface area (Å²) in [6.07, 6.45) is 8.12. The fourth-order valence-corrected chi connectivity index (χ4v) is 5.50. The molecule has 31 heavy (non-hydrogen) atoms. The summed E-state index contributed by atoms with van der Waals surface area (Å²) >= 11 is 6.07. The van der Waals surface area contributed by atoms with E-state index >= 15 is 0 Å². The predicted octanol–water partition coefficient (Wildman–Crippen LogP) is 3.86. The quantitative estimate of drug-likeness (QED) is 0.487. The van der Waals surface area contributed by atoms with Crippen LogP contribution in [0.15, 0.2) is 24.7 Å². The molecule has 0 aliphatic heterocycles. The van der Waals surface area contributed by atoms with Crippen LogP contribution >= 0.6 is 11.6 Å². The minimum Gasteiger partial charge on any atom is -0.363 e. The van der Waals surface area contributed by atoms with E-state index in [1.807, 2.05) is 6.92 Å². The molecule has 0 amide bonds. The summed E-state index contributed by atoms with van der Waals surface area (Å²) in [5.74, 6) is -0.168. The number of rotatable bonds is 7. The molecule has 11 heteroatoms. The highest BCUT2D eigenvalue weighted by Crippen LogP contribution is 2.29. The molecular weight excluding hydrogens is 443 g/mol. The second kappa shape index (κ2) is 9.05. The van der Waals surface area contributed by atoms with Gasteiger partial charge in [-0.2, -0.15) is 0 Å². The van der Waals surface area contributed by atoms with E-state index in [1.54, 1.807) is 12.3 Å². The Bertz CT molecular complexity index is 1190. The molecular formula is C20H24ClFN6O2S. The van der Waals surface area contributed by atoms with Crippen molar-refractivity contribution in [3.8, 4) is 11.4 Å². The Morgan fingerprint density at radius 3 is 2.77 bits per heavy atom. The van der Waals surface area contributed by atoms with E-state index in [-0.39, 0.29) is 23.7 Å². The van der Waals surface area contributed by atoms with Gasteiger partial charge in [0.1, 0.15) is 5.65 Å². The Morgan fingerprint density at radius 2 is 2.00 bits per heavy atom. The Balaban J connectivity index is 1.61.